The molecular formula is C23H22N4O3S. The molecule has 0 aliphatic carbocycles. The molecule has 1 amide bonds. The van der Waals surface area contributed by atoms with E-state index in [1.807, 2.05) is 52.7 Å². The monoisotopic (exact) mass is 434 g/mol. The molecular weight excluding hydrogens is 412 g/mol. The third-order valence-electron chi connectivity index (χ3n) is 5.71. The summed E-state index contributed by atoms with van der Waals surface area (Å²) in [5.74, 6) is 1.38. The molecule has 1 aliphatic rings. The van der Waals surface area contributed by atoms with Crippen LogP contribution in [0, 0.1) is 0 Å². The van der Waals surface area contributed by atoms with Gasteiger partial charge in [-0.3, -0.25) is 4.79 Å². The number of rotatable bonds is 5. The van der Waals surface area contributed by atoms with E-state index in [2.05, 4.69) is 16.4 Å². The van der Waals surface area contributed by atoms with Crippen molar-refractivity contribution in [3.8, 4) is 11.5 Å². The first kappa shape index (κ1) is 19.6. The minimum atomic E-state index is -0.175. The second kappa shape index (κ2) is 8.03. The normalized spacial score (nSPS) is 15.7. The minimum absolute atomic E-state index is 0.00879. The highest BCUT2D eigenvalue weighted by atomic mass is 32.1. The van der Waals surface area contributed by atoms with E-state index in [0.717, 1.165) is 27.9 Å². The van der Waals surface area contributed by atoms with Crippen molar-refractivity contribution < 1.29 is 14.3 Å². The Morgan fingerprint density at radius 3 is 2.71 bits per heavy atom. The van der Waals surface area contributed by atoms with Gasteiger partial charge < -0.3 is 14.4 Å². The van der Waals surface area contributed by atoms with Crippen LogP contribution in [0.1, 0.15) is 22.0 Å². The van der Waals surface area contributed by atoms with Gasteiger partial charge in [0, 0.05) is 11.4 Å². The number of ether oxygens (including phenoxy) is 2. The second-order valence-corrected chi connectivity index (χ2v) is 8.38. The first-order valence-corrected chi connectivity index (χ1v) is 10.9. The van der Waals surface area contributed by atoms with E-state index >= 15 is 0 Å². The molecule has 0 saturated heterocycles. The minimum Gasteiger partial charge on any atom is -0.493 e. The van der Waals surface area contributed by atoms with Crippen LogP contribution in [0.3, 0.4) is 0 Å². The molecule has 0 spiro atoms. The molecule has 0 bridgehead atoms. The number of carbonyl (C=O) groups excluding carboxylic acids is 1. The number of benzene rings is 2. The van der Waals surface area contributed by atoms with Crippen LogP contribution in [0.5, 0.6) is 11.5 Å². The fourth-order valence-corrected chi connectivity index (χ4v) is 5.08. The van der Waals surface area contributed by atoms with Crippen molar-refractivity contribution in [2.24, 2.45) is 0 Å². The van der Waals surface area contributed by atoms with Crippen molar-refractivity contribution in [1.82, 2.24) is 19.9 Å². The molecule has 0 radical (unpaired) electrons. The van der Waals surface area contributed by atoms with Gasteiger partial charge in [0.25, 0.3) is 0 Å². The average molecular weight is 435 g/mol. The predicted molar refractivity (Wildman–Crippen MR) is 119 cm³/mol. The van der Waals surface area contributed by atoms with Gasteiger partial charge >= 0.3 is 0 Å². The first-order chi connectivity index (χ1) is 15.2. The Kier molecular flexibility index (Phi) is 5.07. The molecule has 2 aromatic heterocycles. The van der Waals surface area contributed by atoms with Crippen molar-refractivity contribution in [3.05, 3.63) is 69.9 Å². The summed E-state index contributed by atoms with van der Waals surface area (Å²) in [5, 5.41) is 10.4. The summed E-state index contributed by atoms with van der Waals surface area (Å²) >= 11 is 1.65. The number of carbonyl (C=O) groups is 1. The molecule has 0 N–H and O–H groups in total. The zero-order valence-electron chi connectivity index (χ0n) is 17.3. The molecule has 2 aromatic carbocycles. The molecule has 4 aromatic rings. The van der Waals surface area contributed by atoms with Crippen LogP contribution >= 0.6 is 11.3 Å². The number of amides is 1. The zero-order valence-corrected chi connectivity index (χ0v) is 18.1. The second-order valence-electron chi connectivity index (χ2n) is 7.40. The van der Waals surface area contributed by atoms with Gasteiger partial charge in [0.1, 0.15) is 12.1 Å². The van der Waals surface area contributed by atoms with E-state index in [0.29, 0.717) is 18.0 Å². The Morgan fingerprint density at radius 1 is 1.13 bits per heavy atom. The maximum Gasteiger partial charge on any atom is 0.245 e. The number of nitrogens with zero attached hydrogens (tertiary/aromatic N) is 4. The van der Waals surface area contributed by atoms with Crippen LogP contribution in [0.15, 0.2) is 53.9 Å². The lowest BCUT2D eigenvalue weighted by molar-refractivity contribution is -0.134. The van der Waals surface area contributed by atoms with E-state index in [9.17, 15) is 4.79 Å². The molecule has 5 rings (SSSR count). The molecule has 1 aliphatic heterocycles. The highest BCUT2D eigenvalue weighted by molar-refractivity contribution is 7.10. The van der Waals surface area contributed by atoms with Crippen LogP contribution in [-0.4, -0.2) is 46.6 Å². The van der Waals surface area contributed by atoms with Gasteiger partial charge in [0.2, 0.25) is 5.91 Å². The summed E-state index contributed by atoms with van der Waals surface area (Å²) in [6.07, 6.45) is 0.751. The Morgan fingerprint density at radius 2 is 1.94 bits per heavy atom. The van der Waals surface area contributed by atoms with Crippen molar-refractivity contribution >= 4 is 28.3 Å². The highest BCUT2D eigenvalue weighted by Gasteiger charge is 2.34. The van der Waals surface area contributed by atoms with Gasteiger partial charge in [-0.2, -0.15) is 0 Å². The molecule has 1 atom stereocenters. The molecule has 158 valence electrons. The topological polar surface area (TPSA) is 69.5 Å². The fraction of sp³-hybridized carbons (Fsp3) is 0.261. The van der Waals surface area contributed by atoms with Crippen molar-refractivity contribution in [2.45, 2.75) is 19.0 Å². The summed E-state index contributed by atoms with van der Waals surface area (Å²) in [6, 6.07) is 15.6. The third kappa shape index (κ3) is 3.42. The lowest BCUT2D eigenvalue weighted by atomic mass is 9.90. The maximum atomic E-state index is 13.5. The number of thiophene rings is 1. The van der Waals surface area contributed by atoms with E-state index in [1.54, 1.807) is 30.2 Å². The lowest BCUT2D eigenvalue weighted by Gasteiger charge is -2.37. The Bertz CT molecular complexity index is 1240. The van der Waals surface area contributed by atoms with Gasteiger partial charge in [-0.05, 0) is 53.3 Å². The van der Waals surface area contributed by atoms with Gasteiger partial charge in [0.05, 0.1) is 25.8 Å². The molecule has 31 heavy (non-hydrogen) atoms. The number of methoxy groups -OCH3 is 2. The van der Waals surface area contributed by atoms with Crippen molar-refractivity contribution in [3.63, 3.8) is 0 Å². The molecule has 0 fully saturated rings. The van der Waals surface area contributed by atoms with E-state index in [-0.39, 0.29) is 18.5 Å². The van der Waals surface area contributed by atoms with Crippen LogP contribution in [0.25, 0.3) is 11.0 Å². The quantitative estimate of drug-likeness (QED) is 0.479. The number of hydrogen-bond donors (Lipinski definition) is 0. The summed E-state index contributed by atoms with van der Waals surface area (Å²) in [7, 11) is 3.27. The van der Waals surface area contributed by atoms with E-state index in [1.165, 1.54) is 5.56 Å². The molecule has 7 nitrogen and oxygen atoms in total. The summed E-state index contributed by atoms with van der Waals surface area (Å²) < 4.78 is 12.7. The maximum absolute atomic E-state index is 13.5. The fourth-order valence-electron chi connectivity index (χ4n) is 4.22. The smallest absolute Gasteiger partial charge is 0.245 e. The van der Waals surface area contributed by atoms with E-state index < -0.39 is 0 Å². The molecule has 3 heterocycles. The highest BCUT2D eigenvalue weighted by Crippen LogP contribution is 2.42. The third-order valence-corrected chi connectivity index (χ3v) is 6.64. The summed E-state index contributed by atoms with van der Waals surface area (Å²) in [4.78, 5) is 16.5. The SMILES string of the molecule is COc1cc2c(cc1OC)C(c1cccs1)N(C(=O)Cn1nnc3ccccc31)CC2. The van der Waals surface area contributed by atoms with Gasteiger partial charge in [-0.1, -0.05) is 23.4 Å². The molecule has 1 unspecified atom stereocenters. The Hall–Kier alpha value is -3.39. The summed E-state index contributed by atoms with van der Waals surface area (Å²) in [5.41, 5.74) is 3.88. The zero-order chi connectivity index (χ0) is 21.4. The van der Waals surface area contributed by atoms with Gasteiger partial charge in [-0.15, -0.1) is 16.4 Å². The van der Waals surface area contributed by atoms with Gasteiger partial charge in [0.15, 0.2) is 11.5 Å². The Labute approximate surface area is 183 Å². The first-order valence-electron chi connectivity index (χ1n) is 10.1. The number of aromatic nitrogens is 3. The summed E-state index contributed by atoms with van der Waals surface area (Å²) in [6.45, 7) is 0.765. The predicted octanol–water partition coefficient (Wildman–Crippen LogP) is 3.68. The van der Waals surface area contributed by atoms with Gasteiger partial charge in [-0.25, -0.2) is 4.68 Å². The van der Waals surface area contributed by atoms with E-state index in [4.69, 9.17) is 9.47 Å². The standard InChI is InChI=1S/C23H22N4O3S/c1-29-19-12-15-9-10-26(22(28)14-27-18-7-4-3-6-17(18)24-25-27)23(21-8-5-11-31-21)16(15)13-20(19)30-2/h3-8,11-13,23H,9-10,14H2,1-2H3. The largest absolute Gasteiger partial charge is 0.493 e. The molecule has 0 saturated carbocycles. The van der Waals surface area contributed by atoms with Crippen molar-refractivity contribution in [1.29, 1.82) is 0 Å². The van der Waals surface area contributed by atoms with Crippen molar-refractivity contribution in [2.75, 3.05) is 20.8 Å². The average Bonchev–Trinajstić information content (AvgIpc) is 3.48. The number of fused-ring (bicyclic) bond motifs is 2. The van der Waals surface area contributed by atoms with Crippen LogP contribution < -0.4 is 9.47 Å². The number of hydrogen-bond acceptors (Lipinski definition) is 6. The number of para-hydroxylation sites is 1. The molecule has 8 heteroatoms. The van der Waals surface area contributed by atoms with Crippen LogP contribution in [0.2, 0.25) is 0 Å². The Balaban J connectivity index is 1.53. The lowest BCUT2D eigenvalue weighted by Crippen LogP contribution is -2.42. The van der Waals surface area contributed by atoms with Crippen LogP contribution in [0.4, 0.5) is 0 Å². The van der Waals surface area contributed by atoms with Crippen LogP contribution in [-0.2, 0) is 17.8 Å².